The number of hydrogen-bond acceptors (Lipinski definition) is 3. The van der Waals surface area contributed by atoms with E-state index in [-0.39, 0.29) is 0 Å². The quantitative estimate of drug-likeness (QED) is 0.803. The minimum Gasteiger partial charge on any atom is -0.491 e. The predicted molar refractivity (Wildman–Crippen MR) is 79.4 cm³/mol. The molecule has 0 radical (unpaired) electrons. The fourth-order valence-electron chi connectivity index (χ4n) is 2.38. The van der Waals surface area contributed by atoms with Gasteiger partial charge in [0.05, 0.1) is 28.7 Å². The second kappa shape index (κ2) is 5.02. The molecule has 0 amide bonds. The molecule has 0 spiro atoms. The van der Waals surface area contributed by atoms with Crippen molar-refractivity contribution in [2.45, 2.75) is 6.42 Å². The third-order valence-corrected chi connectivity index (χ3v) is 3.53. The van der Waals surface area contributed by atoms with Crippen molar-refractivity contribution in [2.75, 3.05) is 23.8 Å². The highest BCUT2D eigenvalue weighted by Gasteiger charge is 2.21. The van der Waals surface area contributed by atoms with Crippen molar-refractivity contribution < 1.29 is 4.74 Å². The van der Waals surface area contributed by atoms with Crippen LogP contribution in [0, 0.1) is 0 Å². The molecule has 98 valence electrons. The van der Waals surface area contributed by atoms with Crippen molar-refractivity contribution in [1.82, 2.24) is 0 Å². The van der Waals surface area contributed by atoms with Crippen LogP contribution in [-0.4, -0.2) is 13.2 Å². The van der Waals surface area contributed by atoms with E-state index in [2.05, 4.69) is 4.90 Å². The Kier molecular flexibility index (Phi) is 3.22. The molecule has 2 aromatic rings. The molecule has 0 atom stereocenters. The van der Waals surface area contributed by atoms with Crippen LogP contribution in [0.5, 0.6) is 5.75 Å². The average Bonchev–Trinajstić information content (AvgIpc) is 2.62. The highest BCUT2D eigenvalue weighted by Crippen LogP contribution is 2.41. The maximum atomic E-state index is 6.32. The molecule has 1 aliphatic rings. The molecule has 1 aliphatic heterocycles. The van der Waals surface area contributed by atoms with Crippen LogP contribution < -0.4 is 15.4 Å². The zero-order chi connectivity index (χ0) is 13.2. The number of anilines is 3. The number of para-hydroxylation sites is 3. The van der Waals surface area contributed by atoms with Gasteiger partial charge < -0.3 is 15.4 Å². The summed E-state index contributed by atoms with van der Waals surface area (Å²) in [6.45, 7) is 1.54. The zero-order valence-electron chi connectivity index (χ0n) is 10.5. The second-order valence-corrected chi connectivity index (χ2v) is 4.91. The summed E-state index contributed by atoms with van der Waals surface area (Å²) in [6, 6.07) is 13.6. The molecule has 2 N–H and O–H groups in total. The van der Waals surface area contributed by atoms with Gasteiger partial charge in [-0.3, -0.25) is 0 Å². The topological polar surface area (TPSA) is 38.5 Å². The van der Waals surface area contributed by atoms with Crippen LogP contribution >= 0.6 is 11.6 Å². The van der Waals surface area contributed by atoms with Crippen molar-refractivity contribution in [3.05, 3.63) is 47.5 Å². The van der Waals surface area contributed by atoms with Gasteiger partial charge in [0.15, 0.2) is 0 Å². The highest BCUT2D eigenvalue weighted by molar-refractivity contribution is 6.34. The van der Waals surface area contributed by atoms with Gasteiger partial charge in [0, 0.05) is 6.54 Å². The number of ether oxygens (including phenoxy) is 1. The molecule has 1 heterocycles. The largest absolute Gasteiger partial charge is 0.491 e. The number of rotatable bonds is 1. The first-order valence-electron chi connectivity index (χ1n) is 6.31. The van der Waals surface area contributed by atoms with Crippen LogP contribution in [-0.2, 0) is 0 Å². The van der Waals surface area contributed by atoms with Crippen molar-refractivity contribution in [3.63, 3.8) is 0 Å². The molecule has 0 fully saturated rings. The smallest absolute Gasteiger partial charge is 0.142 e. The summed E-state index contributed by atoms with van der Waals surface area (Å²) in [6.07, 6.45) is 0.930. The molecule has 2 aromatic carbocycles. The summed E-state index contributed by atoms with van der Waals surface area (Å²) in [7, 11) is 0. The second-order valence-electron chi connectivity index (χ2n) is 4.50. The maximum Gasteiger partial charge on any atom is 0.142 e. The molecule has 0 unspecified atom stereocenters. The normalized spacial score (nSPS) is 14.5. The third-order valence-electron chi connectivity index (χ3n) is 3.23. The van der Waals surface area contributed by atoms with E-state index in [1.54, 1.807) is 0 Å². The molecule has 0 saturated carbocycles. The molecular formula is C15H15ClN2O. The molecular weight excluding hydrogens is 260 g/mol. The number of nitrogen functional groups attached to an aromatic ring is 1. The van der Waals surface area contributed by atoms with E-state index in [1.165, 1.54) is 0 Å². The first kappa shape index (κ1) is 12.2. The van der Waals surface area contributed by atoms with Gasteiger partial charge in [-0.15, -0.1) is 0 Å². The number of halogens is 1. The Bertz CT molecular complexity index is 580. The van der Waals surface area contributed by atoms with E-state index in [1.807, 2.05) is 42.5 Å². The molecule has 0 saturated heterocycles. The number of nitrogens with two attached hydrogens (primary N) is 1. The molecule has 3 rings (SSSR count). The lowest BCUT2D eigenvalue weighted by Gasteiger charge is -2.26. The van der Waals surface area contributed by atoms with Gasteiger partial charge in [-0.2, -0.15) is 0 Å². The third kappa shape index (κ3) is 2.22. The van der Waals surface area contributed by atoms with Crippen LogP contribution in [0.3, 0.4) is 0 Å². The van der Waals surface area contributed by atoms with Crippen LogP contribution in [0.25, 0.3) is 0 Å². The number of hydrogen-bond donors (Lipinski definition) is 1. The lowest BCUT2D eigenvalue weighted by molar-refractivity contribution is 0.322. The van der Waals surface area contributed by atoms with E-state index >= 15 is 0 Å². The summed E-state index contributed by atoms with van der Waals surface area (Å²) in [5, 5.41) is 0.664. The Balaban J connectivity index is 2.15. The van der Waals surface area contributed by atoms with Gasteiger partial charge >= 0.3 is 0 Å². The summed E-state index contributed by atoms with van der Waals surface area (Å²) >= 11 is 6.32. The monoisotopic (exact) mass is 274 g/mol. The van der Waals surface area contributed by atoms with Gasteiger partial charge in [-0.05, 0) is 30.7 Å². The maximum absolute atomic E-state index is 6.32. The lowest BCUT2D eigenvalue weighted by atomic mass is 10.2. The summed E-state index contributed by atoms with van der Waals surface area (Å²) in [5.41, 5.74) is 8.65. The number of benzene rings is 2. The van der Waals surface area contributed by atoms with Crippen LogP contribution in [0.2, 0.25) is 5.02 Å². The van der Waals surface area contributed by atoms with Crippen molar-refractivity contribution in [1.29, 1.82) is 0 Å². The number of nitrogens with zero attached hydrogens (tertiary/aromatic N) is 1. The standard InChI is InChI=1S/C15H15ClN2O/c16-11-5-3-6-12(17)15(11)18-9-4-10-19-14-8-2-1-7-13(14)18/h1-3,5-8H,4,9-10,17H2. The van der Waals surface area contributed by atoms with E-state index in [0.29, 0.717) is 17.3 Å². The van der Waals surface area contributed by atoms with Crippen LogP contribution in [0.4, 0.5) is 17.1 Å². The van der Waals surface area contributed by atoms with Gasteiger partial charge in [0.1, 0.15) is 5.75 Å². The molecule has 4 heteroatoms. The van der Waals surface area contributed by atoms with Gasteiger partial charge in [0.25, 0.3) is 0 Å². The van der Waals surface area contributed by atoms with E-state index in [9.17, 15) is 0 Å². The summed E-state index contributed by atoms with van der Waals surface area (Å²) in [5.74, 6) is 0.874. The average molecular weight is 275 g/mol. The Morgan fingerprint density at radius 2 is 1.95 bits per heavy atom. The van der Waals surface area contributed by atoms with Crippen LogP contribution in [0.15, 0.2) is 42.5 Å². The Labute approximate surface area is 117 Å². The van der Waals surface area contributed by atoms with Gasteiger partial charge in [0.2, 0.25) is 0 Å². The first-order chi connectivity index (χ1) is 9.27. The van der Waals surface area contributed by atoms with E-state index < -0.39 is 0 Å². The zero-order valence-corrected chi connectivity index (χ0v) is 11.2. The van der Waals surface area contributed by atoms with Gasteiger partial charge in [-0.1, -0.05) is 29.8 Å². The van der Waals surface area contributed by atoms with E-state index in [4.69, 9.17) is 22.1 Å². The van der Waals surface area contributed by atoms with Crippen molar-refractivity contribution in [3.8, 4) is 5.75 Å². The lowest BCUT2D eigenvalue weighted by Crippen LogP contribution is -2.19. The first-order valence-corrected chi connectivity index (χ1v) is 6.68. The predicted octanol–water partition coefficient (Wildman–Crippen LogP) is 3.84. The SMILES string of the molecule is Nc1cccc(Cl)c1N1CCCOc2ccccc21. The Hall–Kier alpha value is -1.87. The number of fused-ring (bicyclic) bond motifs is 1. The fourth-order valence-corrected chi connectivity index (χ4v) is 2.66. The fraction of sp³-hybridized carbons (Fsp3) is 0.200. The van der Waals surface area contributed by atoms with Crippen LogP contribution in [0.1, 0.15) is 6.42 Å². The minimum absolute atomic E-state index is 0.664. The molecule has 0 bridgehead atoms. The summed E-state index contributed by atoms with van der Waals surface area (Å²) < 4.78 is 5.75. The summed E-state index contributed by atoms with van der Waals surface area (Å²) in [4.78, 5) is 2.14. The highest BCUT2D eigenvalue weighted by atomic mass is 35.5. The Morgan fingerprint density at radius 1 is 1.11 bits per heavy atom. The molecule has 3 nitrogen and oxygen atoms in total. The van der Waals surface area contributed by atoms with E-state index in [0.717, 1.165) is 30.1 Å². The Morgan fingerprint density at radius 3 is 2.79 bits per heavy atom. The molecule has 0 aromatic heterocycles. The van der Waals surface area contributed by atoms with Gasteiger partial charge in [-0.25, -0.2) is 0 Å². The minimum atomic E-state index is 0.664. The molecule has 19 heavy (non-hydrogen) atoms. The van der Waals surface area contributed by atoms with Crippen molar-refractivity contribution in [2.24, 2.45) is 0 Å². The molecule has 0 aliphatic carbocycles. The van der Waals surface area contributed by atoms with Crippen molar-refractivity contribution >= 4 is 28.7 Å².